The second-order valence-corrected chi connectivity index (χ2v) is 8.72. The smallest absolute Gasteiger partial charge is 0.242 e. The van der Waals surface area contributed by atoms with Gasteiger partial charge in [-0.1, -0.05) is 18.2 Å². The fourth-order valence-electron chi connectivity index (χ4n) is 4.87. The molecule has 0 aliphatic carbocycles. The molecule has 0 spiro atoms. The van der Waals surface area contributed by atoms with Crippen molar-refractivity contribution in [1.29, 1.82) is 0 Å². The predicted molar refractivity (Wildman–Crippen MR) is 122 cm³/mol. The summed E-state index contributed by atoms with van der Waals surface area (Å²) in [5.74, 6) is 0.808. The number of nitrogens with zero attached hydrogens (tertiary/aromatic N) is 4. The second-order valence-electron chi connectivity index (χ2n) is 8.72. The van der Waals surface area contributed by atoms with E-state index in [0.29, 0.717) is 18.7 Å². The van der Waals surface area contributed by atoms with Crippen LogP contribution in [0.25, 0.3) is 11.0 Å². The molecule has 0 N–H and O–H groups in total. The van der Waals surface area contributed by atoms with E-state index in [2.05, 4.69) is 49.0 Å². The Labute approximate surface area is 184 Å². The average Bonchev–Trinajstić information content (AvgIpc) is 3.35. The summed E-state index contributed by atoms with van der Waals surface area (Å²) in [6, 6.07) is 6.78. The molecular formula is C25H32N4O2. The second kappa shape index (κ2) is 8.33. The van der Waals surface area contributed by atoms with Gasteiger partial charge in [-0.25, -0.2) is 9.67 Å². The number of hydrogen-bond donors (Lipinski definition) is 0. The van der Waals surface area contributed by atoms with Crippen LogP contribution in [0.2, 0.25) is 0 Å². The number of benzene rings is 1. The maximum absolute atomic E-state index is 13.2. The number of hydrogen-bond acceptors (Lipinski definition) is 4. The predicted octanol–water partition coefficient (Wildman–Crippen LogP) is 4.51. The van der Waals surface area contributed by atoms with Gasteiger partial charge in [-0.05, 0) is 74.8 Å². The fourth-order valence-corrected chi connectivity index (χ4v) is 4.87. The van der Waals surface area contributed by atoms with Gasteiger partial charge >= 0.3 is 0 Å². The molecule has 3 heterocycles. The average molecular weight is 421 g/mol. The zero-order chi connectivity index (χ0) is 22.3. The minimum atomic E-state index is 0.188. The fraction of sp³-hybridized carbons (Fsp3) is 0.480. The van der Waals surface area contributed by atoms with Crippen LogP contribution in [0.15, 0.2) is 18.2 Å². The largest absolute Gasteiger partial charge is 0.479 e. The van der Waals surface area contributed by atoms with Crippen molar-refractivity contribution in [3.63, 3.8) is 0 Å². The number of carbonyl (C=O) groups is 1. The Morgan fingerprint density at radius 1 is 1.19 bits per heavy atom. The first kappa shape index (κ1) is 21.3. The van der Waals surface area contributed by atoms with Crippen LogP contribution in [-0.4, -0.2) is 39.2 Å². The van der Waals surface area contributed by atoms with Crippen LogP contribution in [0.5, 0.6) is 5.88 Å². The lowest BCUT2D eigenvalue weighted by Crippen LogP contribution is -2.30. The quantitative estimate of drug-likeness (QED) is 0.609. The summed E-state index contributed by atoms with van der Waals surface area (Å²) < 4.78 is 7.22. The van der Waals surface area contributed by atoms with Crippen molar-refractivity contribution < 1.29 is 9.53 Å². The minimum Gasteiger partial charge on any atom is -0.479 e. The highest BCUT2D eigenvalue weighted by Crippen LogP contribution is 2.34. The summed E-state index contributed by atoms with van der Waals surface area (Å²) in [5.41, 5.74) is 7.82. The summed E-state index contributed by atoms with van der Waals surface area (Å²) in [7, 11) is 3.50. The molecule has 1 atom stereocenters. The Morgan fingerprint density at radius 2 is 1.97 bits per heavy atom. The van der Waals surface area contributed by atoms with Gasteiger partial charge in [0.2, 0.25) is 11.8 Å². The Morgan fingerprint density at radius 3 is 2.68 bits per heavy atom. The van der Waals surface area contributed by atoms with Crippen LogP contribution in [0.3, 0.4) is 0 Å². The van der Waals surface area contributed by atoms with Crippen LogP contribution in [0, 0.1) is 27.7 Å². The molecule has 6 heteroatoms. The van der Waals surface area contributed by atoms with Crippen molar-refractivity contribution in [3.8, 4) is 5.88 Å². The van der Waals surface area contributed by atoms with Crippen molar-refractivity contribution in [2.45, 2.75) is 59.4 Å². The van der Waals surface area contributed by atoms with Gasteiger partial charge in [-0.15, -0.1) is 5.10 Å². The molecule has 164 valence electrons. The Hall–Kier alpha value is -2.89. The van der Waals surface area contributed by atoms with Gasteiger partial charge in [0.25, 0.3) is 0 Å². The summed E-state index contributed by atoms with van der Waals surface area (Å²) in [6.45, 7) is 9.20. The molecule has 4 rings (SSSR count). The Balaban J connectivity index is 1.55. The molecule has 3 aromatic rings. The van der Waals surface area contributed by atoms with E-state index in [-0.39, 0.29) is 11.9 Å². The molecule has 1 unspecified atom stereocenters. The lowest BCUT2D eigenvalue weighted by atomic mass is 9.98. The normalized spacial score (nSPS) is 16.3. The maximum atomic E-state index is 13.2. The van der Waals surface area contributed by atoms with Gasteiger partial charge in [0.1, 0.15) is 0 Å². The monoisotopic (exact) mass is 420 g/mol. The zero-order valence-corrected chi connectivity index (χ0v) is 19.5. The third-order valence-electron chi connectivity index (χ3n) is 6.79. The molecule has 0 radical (unpaired) electrons. The highest BCUT2D eigenvalue weighted by Gasteiger charge is 2.30. The molecule has 1 aliphatic rings. The van der Waals surface area contributed by atoms with E-state index in [1.54, 1.807) is 11.8 Å². The van der Waals surface area contributed by atoms with Gasteiger partial charge in [-0.2, -0.15) is 0 Å². The van der Waals surface area contributed by atoms with E-state index >= 15 is 0 Å². The van der Waals surface area contributed by atoms with Gasteiger partial charge in [0.05, 0.1) is 18.5 Å². The number of methoxy groups -OCH3 is 1. The van der Waals surface area contributed by atoms with Crippen molar-refractivity contribution in [2.75, 3.05) is 13.7 Å². The summed E-state index contributed by atoms with van der Waals surface area (Å²) in [4.78, 5) is 20.1. The van der Waals surface area contributed by atoms with Gasteiger partial charge in [-0.3, -0.25) is 4.79 Å². The molecule has 1 aromatic carbocycles. The molecule has 31 heavy (non-hydrogen) atoms. The SMILES string of the molecule is COc1nn(C)c2nc(C)c(CCC(=O)N3CCCC3c3ccc(C)c(C)c3)c(C)c12. The van der Waals surface area contributed by atoms with E-state index in [4.69, 9.17) is 9.72 Å². The number of pyridine rings is 1. The maximum Gasteiger partial charge on any atom is 0.242 e. The highest BCUT2D eigenvalue weighted by molar-refractivity contribution is 5.86. The highest BCUT2D eigenvalue weighted by atomic mass is 16.5. The minimum absolute atomic E-state index is 0.188. The Kier molecular flexibility index (Phi) is 5.73. The first-order chi connectivity index (χ1) is 14.8. The Bertz CT molecular complexity index is 1150. The number of fused-ring (bicyclic) bond motifs is 1. The third kappa shape index (κ3) is 3.80. The van der Waals surface area contributed by atoms with Crippen molar-refractivity contribution in [2.24, 2.45) is 7.05 Å². The number of aromatic nitrogens is 3. The van der Waals surface area contributed by atoms with Crippen molar-refractivity contribution >= 4 is 16.9 Å². The summed E-state index contributed by atoms with van der Waals surface area (Å²) in [6.07, 6.45) is 3.25. The van der Waals surface area contributed by atoms with Crippen LogP contribution >= 0.6 is 0 Å². The lowest BCUT2D eigenvalue weighted by Gasteiger charge is -2.26. The first-order valence-corrected chi connectivity index (χ1v) is 11.0. The van der Waals surface area contributed by atoms with E-state index in [9.17, 15) is 4.79 Å². The van der Waals surface area contributed by atoms with Gasteiger partial charge in [0, 0.05) is 25.7 Å². The number of carbonyl (C=O) groups excluding carboxylic acids is 1. The van der Waals surface area contributed by atoms with Crippen molar-refractivity contribution in [3.05, 3.63) is 51.7 Å². The molecular weight excluding hydrogens is 388 g/mol. The van der Waals surface area contributed by atoms with E-state index in [1.807, 2.05) is 14.0 Å². The van der Waals surface area contributed by atoms with Crippen LogP contribution in [-0.2, 0) is 18.3 Å². The number of ether oxygens (including phenoxy) is 1. The van der Waals surface area contributed by atoms with Gasteiger partial charge < -0.3 is 9.64 Å². The van der Waals surface area contributed by atoms with Crippen LogP contribution in [0.4, 0.5) is 0 Å². The standard InChI is InChI=1S/C25H32N4O2/c1-15-9-10-19(14-16(15)2)21-8-7-13-29(21)22(30)12-11-20-17(3)23-24(26-18(20)4)28(5)27-25(23)31-6/h9-10,14,21H,7-8,11-13H2,1-6H3. The van der Waals surface area contributed by atoms with Crippen LogP contribution in [0.1, 0.15) is 58.8 Å². The molecule has 6 nitrogen and oxygen atoms in total. The number of rotatable bonds is 5. The molecule has 1 aliphatic heterocycles. The summed E-state index contributed by atoms with van der Waals surface area (Å²) >= 11 is 0. The molecule has 1 fully saturated rings. The summed E-state index contributed by atoms with van der Waals surface area (Å²) in [5, 5.41) is 5.36. The number of likely N-dealkylation sites (tertiary alicyclic amines) is 1. The molecule has 0 saturated carbocycles. The zero-order valence-electron chi connectivity index (χ0n) is 19.5. The molecule has 2 aromatic heterocycles. The number of amides is 1. The molecule has 1 amide bonds. The van der Waals surface area contributed by atoms with E-state index in [1.165, 1.54) is 16.7 Å². The molecule has 1 saturated heterocycles. The molecule has 0 bridgehead atoms. The third-order valence-corrected chi connectivity index (χ3v) is 6.79. The van der Waals surface area contributed by atoms with E-state index < -0.39 is 0 Å². The van der Waals surface area contributed by atoms with Crippen molar-refractivity contribution in [1.82, 2.24) is 19.7 Å². The van der Waals surface area contributed by atoms with Gasteiger partial charge in [0.15, 0.2) is 5.65 Å². The first-order valence-electron chi connectivity index (χ1n) is 11.0. The van der Waals surface area contributed by atoms with E-state index in [0.717, 1.165) is 47.2 Å². The number of aryl methyl sites for hydroxylation is 5. The van der Waals surface area contributed by atoms with Crippen LogP contribution < -0.4 is 4.74 Å². The lowest BCUT2D eigenvalue weighted by molar-refractivity contribution is -0.132. The topological polar surface area (TPSA) is 60.2 Å².